The maximum atomic E-state index is 5.49. The van der Waals surface area contributed by atoms with Gasteiger partial charge in [-0.25, -0.2) is 4.98 Å². The van der Waals surface area contributed by atoms with Crippen molar-refractivity contribution in [2.45, 2.75) is 6.42 Å². The van der Waals surface area contributed by atoms with Crippen molar-refractivity contribution in [2.75, 3.05) is 42.6 Å². The molecule has 0 amide bonds. The summed E-state index contributed by atoms with van der Waals surface area (Å²) in [5, 5.41) is 7.96. The second kappa shape index (κ2) is 6.92. The van der Waals surface area contributed by atoms with E-state index in [-0.39, 0.29) is 0 Å². The SMILES string of the molecule is c1ccc(N2CCc3c(-c4ccnnc4)nc(N4CCOCC4)nc32)cc1. The molecule has 7 nitrogen and oxygen atoms in total. The molecular formula is C20H20N6O. The first kappa shape index (κ1) is 16.1. The van der Waals surface area contributed by atoms with Crippen molar-refractivity contribution in [1.29, 1.82) is 0 Å². The number of para-hydroxylation sites is 1. The fraction of sp³-hybridized carbons (Fsp3) is 0.300. The molecule has 2 aliphatic rings. The molecule has 136 valence electrons. The minimum absolute atomic E-state index is 0.703. The minimum atomic E-state index is 0.703. The first-order valence-electron chi connectivity index (χ1n) is 9.23. The van der Waals surface area contributed by atoms with Gasteiger partial charge in [-0.1, -0.05) is 18.2 Å². The van der Waals surface area contributed by atoms with Gasteiger partial charge in [-0.15, -0.1) is 0 Å². The average molecular weight is 360 g/mol. The zero-order chi connectivity index (χ0) is 18.1. The second-order valence-electron chi connectivity index (χ2n) is 6.64. The molecule has 1 aromatic carbocycles. The van der Waals surface area contributed by atoms with Crippen LogP contribution >= 0.6 is 0 Å². The fourth-order valence-corrected chi connectivity index (χ4v) is 3.68. The molecule has 1 fully saturated rings. The van der Waals surface area contributed by atoms with Gasteiger partial charge in [0.1, 0.15) is 5.82 Å². The molecule has 3 aromatic rings. The summed E-state index contributed by atoms with van der Waals surface area (Å²) in [5.74, 6) is 1.75. The molecule has 2 aliphatic heterocycles. The summed E-state index contributed by atoms with van der Waals surface area (Å²) >= 11 is 0. The Hall–Kier alpha value is -3.06. The van der Waals surface area contributed by atoms with Crippen molar-refractivity contribution >= 4 is 17.5 Å². The predicted molar refractivity (Wildman–Crippen MR) is 103 cm³/mol. The van der Waals surface area contributed by atoms with E-state index in [2.05, 4.69) is 44.3 Å². The molecule has 0 aliphatic carbocycles. The molecule has 0 unspecified atom stereocenters. The number of nitrogens with zero attached hydrogens (tertiary/aromatic N) is 6. The molecule has 0 radical (unpaired) electrons. The first-order chi connectivity index (χ1) is 13.4. The van der Waals surface area contributed by atoms with Gasteiger partial charge in [-0.3, -0.25) is 0 Å². The standard InChI is InChI=1S/C20H20N6O/c1-2-4-16(5-3-1)26-9-7-17-18(15-6-8-21-22-14-15)23-20(24-19(17)26)25-10-12-27-13-11-25/h1-6,8,14H,7,9-13H2. The number of aromatic nitrogens is 4. The third-order valence-electron chi connectivity index (χ3n) is 5.03. The Labute approximate surface area is 157 Å². The smallest absolute Gasteiger partial charge is 0.228 e. The number of ether oxygens (including phenoxy) is 1. The molecule has 0 spiro atoms. The number of benzene rings is 1. The quantitative estimate of drug-likeness (QED) is 0.711. The van der Waals surface area contributed by atoms with Crippen LogP contribution in [0.5, 0.6) is 0 Å². The number of hydrogen-bond acceptors (Lipinski definition) is 7. The summed E-state index contributed by atoms with van der Waals surface area (Å²) < 4.78 is 5.49. The molecular weight excluding hydrogens is 340 g/mol. The van der Waals surface area contributed by atoms with Crippen LogP contribution in [0.25, 0.3) is 11.3 Å². The van der Waals surface area contributed by atoms with Gasteiger partial charge in [0, 0.05) is 36.4 Å². The molecule has 0 bridgehead atoms. The Morgan fingerprint density at radius 2 is 1.74 bits per heavy atom. The molecule has 4 heterocycles. The lowest BCUT2D eigenvalue weighted by molar-refractivity contribution is 0.122. The van der Waals surface area contributed by atoms with Crippen LogP contribution in [0.2, 0.25) is 0 Å². The Morgan fingerprint density at radius 1 is 0.889 bits per heavy atom. The van der Waals surface area contributed by atoms with Crippen molar-refractivity contribution in [1.82, 2.24) is 20.2 Å². The number of fused-ring (bicyclic) bond motifs is 1. The van der Waals surface area contributed by atoms with E-state index in [9.17, 15) is 0 Å². The molecule has 0 atom stereocenters. The van der Waals surface area contributed by atoms with Crippen LogP contribution in [0.4, 0.5) is 17.5 Å². The van der Waals surface area contributed by atoms with Crippen molar-refractivity contribution in [3.05, 3.63) is 54.4 Å². The number of anilines is 3. The molecule has 7 heteroatoms. The topological polar surface area (TPSA) is 67.3 Å². The van der Waals surface area contributed by atoms with Crippen LogP contribution in [0.3, 0.4) is 0 Å². The van der Waals surface area contributed by atoms with E-state index in [4.69, 9.17) is 14.7 Å². The van der Waals surface area contributed by atoms with Crippen molar-refractivity contribution in [3.63, 3.8) is 0 Å². The second-order valence-corrected chi connectivity index (χ2v) is 6.64. The molecule has 27 heavy (non-hydrogen) atoms. The van der Waals surface area contributed by atoms with E-state index in [0.717, 1.165) is 54.8 Å². The summed E-state index contributed by atoms with van der Waals surface area (Å²) in [6.07, 6.45) is 4.39. The Bertz CT molecular complexity index is 928. The Balaban J connectivity index is 1.65. The predicted octanol–water partition coefficient (Wildman–Crippen LogP) is 2.46. The zero-order valence-electron chi connectivity index (χ0n) is 15.0. The van der Waals surface area contributed by atoms with Gasteiger partial charge in [0.05, 0.1) is 31.3 Å². The lowest BCUT2D eigenvalue weighted by Crippen LogP contribution is -2.37. The fourth-order valence-electron chi connectivity index (χ4n) is 3.68. The van der Waals surface area contributed by atoms with E-state index in [1.54, 1.807) is 12.4 Å². The summed E-state index contributed by atoms with van der Waals surface area (Å²) in [4.78, 5) is 14.4. The van der Waals surface area contributed by atoms with Gasteiger partial charge >= 0.3 is 0 Å². The molecule has 1 saturated heterocycles. The van der Waals surface area contributed by atoms with E-state index in [1.807, 2.05) is 12.1 Å². The summed E-state index contributed by atoms with van der Waals surface area (Å²) in [6, 6.07) is 12.4. The lowest BCUT2D eigenvalue weighted by Gasteiger charge is -2.28. The third-order valence-corrected chi connectivity index (χ3v) is 5.03. The van der Waals surface area contributed by atoms with Crippen LogP contribution in [0.15, 0.2) is 48.8 Å². The summed E-state index contributed by atoms with van der Waals surface area (Å²) in [7, 11) is 0. The van der Waals surface area contributed by atoms with E-state index in [1.165, 1.54) is 5.56 Å². The first-order valence-corrected chi connectivity index (χ1v) is 9.23. The number of rotatable bonds is 3. The number of morpholine rings is 1. The molecule has 0 saturated carbocycles. The zero-order valence-corrected chi connectivity index (χ0v) is 15.0. The van der Waals surface area contributed by atoms with Gasteiger partial charge in [0.25, 0.3) is 0 Å². The van der Waals surface area contributed by atoms with Gasteiger partial charge in [-0.05, 0) is 24.6 Å². The number of hydrogen-bond donors (Lipinski definition) is 0. The van der Waals surface area contributed by atoms with Crippen LogP contribution in [0, 0.1) is 0 Å². The Kier molecular flexibility index (Phi) is 4.14. The normalized spacial score (nSPS) is 16.4. The van der Waals surface area contributed by atoms with Gasteiger partial charge < -0.3 is 14.5 Å². The van der Waals surface area contributed by atoms with Crippen LogP contribution in [-0.2, 0) is 11.2 Å². The summed E-state index contributed by atoms with van der Waals surface area (Å²) in [5.41, 5.74) is 4.26. The van der Waals surface area contributed by atoms with E-state index in [0.29, 0.717) is 13.2 Å². The van der Waals surface area contributed by atoms with Crippen LogP contribution in [-0.4, -0.2) is 53.0 Å². The highest BCUT2D eigenvalue weighted by Gasteiger charge is 2.29. The minimum Gasteiger partial charge on any atom is -0.378 e. The highest BCUT2D eigenvalue weighted by atomic mass is 16.5. The largest absolute Gasteiger partial charge is 0.378 e. The van der Waals surface area contributed by atoms with E-state index >= 15 is 0 Å². The van der Waals surface area contributed by atoms with Gasteiger partial charge in [-0.2, -0.15) is 15.2 Å². The highest BCUT2D eigenvalue weighted by Crippen LogP contribution is 2.38. The maximum absolute atomic E-state index is 5.49. The van der Waals surface area contributed by atoms with Crippen molar-refractivity contribution < 1.29 is 4.74 Å². The molecule has 2 aromatic heterocycles. The van der Waals surface area contributed by atoms with Crippen LogP contribution in [0.1, 0.15) is 5.56 Å². The van der Waals surface area contributed by atoms with Gasteiger partial charge in [0.15, 0.2) is 0 Å². The van der Waals surface area contributed by atoms with Crippen molar-refractivity contribution in [3.8, 4) is 11.3 Å². The monoisotopic (exact) mass is 360 g/mol. The molecule has 0 N–H and O–H groups in total. The third kappa shape index (κ3) is 3.00. The maximum Gasteiger partial charge on any atom is 0.228 e. The summed E-state index contributed by atoms with van der Waals surface area (Å²) in [6.45, 7) is 3.91. The average Bonchev–Trinajstić information content (AvgIpc) is 3.19. The molecule has 5 rings (SSSR count). The van der Waals surface area contributed by atoms with Gasteiger partial charge in [0.2, 0.25) is 5.95 Å². The van der Waals surface area contributed by atoms with E-state index < -0.39 is 0 Å². The lowest BCUT2D eigenvalue weighted by atomic mass is 10.1. The van der Waals surface area contributed by atoms with Crippen molar-refractivity contribution in [2.24, 2.45) is 0 Å². The van der Waals surface area contributed by atoms with Crippen LogP contribution < -0.4 is 9.80 Å². The Morgan fingerprint density at radius 3 is 2.52 bits per heavy atom. The highest BCUT2D eigenvalue weighted by molar-refractivity contribution is 5.76.